The first-order valence-electron chi connectivity index (χ1n) is 6.05. The van der Waals surface area contributed by atoms with Crippen molar-refractivity contribution in [3.8, 4) is 0 Å². The fourth-order valence-electron chi connectivity index (χ4n) is 1.90. The highest BCUT2D eigenvalue weighted by Crippen LogP contribution is 2.23. The number of halogens is 1. The lowest BCUT2D eigenvalue weighted by atomic mass is 9.89. The summed E-state index contributed by atoms with van der Waals surface area (Å²) >= 11 is 3.47. The number of hydrogen-bond donors (Lipinski definition) is 3. The van der Waals surface area contributed by atoms with Gasteiger partial charge in [-0.1, -0.05) is 22.0 Å². The molecule has 0 spiro atoms. The summed E-state index contributed by atoms with van der Waals surface area (Å²) in [4.78, 5) is 19.1. The molecule has 1 atom stereocenters. The molecule has 1 aliphatic rings. The number of nitrogens with two attached hydrogens (primary N) is 1. The molecule has 0 amide bonds. The Bertz CT molecular complexity index is 512. The SMILES string of the molecule is NC1CCc2ccc(Br)cc2C1.O=C(O)/C=C\C(=O)O. The Balaban J connectivity index is 0.000000221. The van der Waals surface area contributed by atoms with Crippen molar-refractivity contribution in [2.45, 2.75) is 25.3 Å². The number of hydrogen-bond acceptors (Lipinski definition) is 3. The lowest BCUT2D eigenvalue weighted by Crippen LogP contribution is -2.27. The summed E-state index contributed by atoms with van der Waals surface area (Å²) in [6.07, 6.45) is 4.43. The van der Waals surface area contributed by atoms with Crippen molar-refractivity contribution in [1.82, 2.24) is 0 Å². The summed E-state index contributed by atoms with van der Waals surface area (Å²) in [6, 6.07) is 6.86. The van der Waals surface area contributed by atoms with Crippen LogP contribution in [0.25, 0.3) is 0 Å². The van der Waals surface area contributed by atoms with Crippen LogP contribution in [-0.4, -0.2) is 28.2 Å². The average Bonchev–Trinajstić information content (AvgIpc) is 2.36. The van der Waals surface area contributed by atoms with Crippen molar-refractivity contribution < 1.29 is 19.8 Å². The number of rotatable bonds is 2. The van der Waals surface area contributed by atoms with Crippen LogP contribution in [0.3, 0.4) is 0 Å². The molecule has 5 nitrogen and oxygen atoms in total. The molecule has 1 unspecified atom stereocenters. The van der Waals surface area contributed by atoms with Gasteiger partial charge in [0.2, 0.25) is 0 Å². The molecule has 0 radical (unpaired) electrons. The second-order valence-electron chi connectivity index (χ2n) is 4.43. The molecule has 0 fully saturated rings. The highest BCUT2D eigenvalue weighted by molar-refractivity contribution is 9.10. The van der Waals surface area contributed by atoms with E-state index in [0.29, 0.717) is 18.2 Å². The van der Waals surface area contributed by atoms with Crippen molar-refractivity contribution >= 4 is 27.9 Å². The minimum atomic E-state index is -1.26. The summed E-state index contributed by atoms with van der Waals surface area (Å²) in [5.41, 5.74) is 8.78. The first kappa shape index (κ1) is 16.4. The third kappa shape index (κ3) is 5.99. The van der Waals surface area contributed by atoms with Crippen molar-refractivity contribution in [1.29, 1.82) is 0 Å². The van der Waals surface area contributed by atoms with Crippen LogP contribution in [0.1, 0.15) is 17.5 Å². The van der Waals surface area contributed by atoms with E-state index in [2.05, 4.69) is 34.1 Å². The van der Waals surface area contributed by atoms with E-state index in [4.69, 9.17) is 15.9 Å². The molecule has 6 heteroatoms. The molecule has 0 saturated carbocycles. The Morgan fingerprint density at radius 1 is 1.20 bits per heavy atom. The molecule has 4 N–H and O–H groups in total. The monoisotopic (exact) mass is 341 g/mol. The summed E-state index contributed by atoms with van der Waals surface area (Å²) in [6.45, 7) is 0. The Labute approximate surface area is 125 Å². The van der Waals surface area contributed by atoms with Gasteiger partial charge in [0.25, 0.3) is 0 Å². The van der Waals surface area contributed by atoms with Crippen LogP contribution < -0.4 is 5.73 Å². The van der Waals surface area contributed by atoms with E-state index in [-0.39, 0.29) is 0 Å². The van der Waals surface area contributed by atoms with Gasteiger partial charge in [0.05, 0.1) is 0 Å². The van der Waals surface area contributed by atoms with Crippen LogP contribution in [-0.2, 0) is 22.4 Å². The van der Waals surface area contributed by atoms with E-state index >= 15 is 0 Å². The standard InChI is InChI=1S/C10H12BrN.C4H4O4/c11-9-3-1-7-2-4-10(12)6-8(7)5-9;5-3(6)1-2-4(7)8/h1,3,5,10H,2,4,6,12H2;1-2H,(H,5,6)(H,7,8)/b;2-1-. The van der Waals surface area contributed by atoms with Gasteiger partial charge in [-0.3, -0.25) is 0 Å². The number of fused-ring (bicyclic) bond motifs is 1. The molecular weight excluding hydrogens is 326 g/mol. The van der Waals surface area contributed by atoms with Crippen LogP contribution in [0.4, 0.5) is 0 Å². The number of carbonyl (C=O) groups is 2. The fourth-order valence-corrected chi connectivity index (χ4v) is 2.30. The van der Waals surface area contributed by atoms with Crippen LogP contribution in [0.15, 0.2) is 34.8 Å². The molecular formula is C14H16BrNO4. The zero-order valence-electron chi connectivity index (χ0n) is 10.8. The van der Waals surface area contributed by atoms with Gasteiger partial charge < -0.3 is 15.9 Å². The van der Waals surface area contributed by atoms with Crippen LogP contribution in [0, 0.1) is 0 Å². The van der Waals surface area contributed by atoms with Crippen molar-refractivity contribution in [3.63, 3.8) is 0 Å². The summed E-state index contributed by atoms with van der Waals surface area (Å²) in [7, 11) is 0. The highest BCUT2D eigenvalue weighted by atomic mass is 79.9. The summed E-state index contributed by atoms with van der Waals surface area (Å²) < 4.78 is 1.16. The number of aliphatic carboxylic acids is 2. The Morgan fingerprint density at radius 3 is 2.35 bits per heavy atom. The molecule has 2 rings (SSSR count). The third-order valence-corrected chi connectivity index (χ3v) is 3.30. The summed E-state index contributed by atoms with van der Waals surface area (Å²) in [5, 5.41) is 15.6. The lowest BCUT2D eigenvalue weighted by molar-refractivity contribution is -0.134. The van der Waals surface area contributed by atoms with Gasteiger partial charge in [-0.2, -0.15) is 0 Å². The van der Waals surface area contributed by atoms with Gasteiger partial charge in [-0.05, 0) is 42.5 Å². The van der Waals surface area contributed by atoms with E-state index in [1.54, 1.807) is 0 Å². The molecule has 1 aromatic carbocycles. The highest BCUT2D eigenvalue weighted by Gasteiger charge is 2.14. The van der Waals surface area contributed by atoms with E-state index in [0.717, 1.165) is 23.7 Å². The minimum Gasteiger partial charge on any atom is -0.478 e. The molecule has 0 heterocycles. The second kappa shape index (κ2) is 7.81. The smallest absolute Gasteiger partial charge is 0.328 e. The van der Waals surface area contributed by atoms with E-state index < -0.39 is 11.9 Å². The van der Waals surface area contributed by atoms with Crippen molar-refractivity contribution in [2.24, 2.45) is 5.73 Å². The second-order valence-corrected chi connectivity index (χ2v) is 5.34. The van der Waals surface area contributed by atoms with Gasteiger partial charge in [-0.25, -0.2) is 9.59 Å². The molecule has 108 valence electrons. The zero-order chi connectivity index (χ0) is 15.1. The average molecular weight is 342 g/mol. The topological polar surface area (TPSA) is 101 Å². The maximum absolute atomic E-state index is 9.55. The lowest BCUT2D eigenvalue weighted by Gasteiger charge is -2.21. The fraction of sp³-hybridized carbons (Fsp3) is 0.286. The summed E-state index contributed by atoms with van der Waals surface area (Å²) in [5.74, 6) is -2.51. The Morgan fingerprint density at radius 2 is 1.80 bits per heavy atom. The number of benzene rings is 1. The number of aryl methyl sites for hydroxylation is 1. The largest absolute Gasteiger partial charge is 0.478 e. The van der Waals surface area contributed by atoms with Gasteiger partial charge >= 0.3 is 11.9 Å². The predicted molar refractivity (Wildman–Crippen MR) is 78.6 cm³/mol. The Hall–Kier alpha value is -1.66. The van der Waals surface area contributed by atoms with Crippen LogP contribution in [0.5, 0.6) is 0 Å². The van der Waals surface area contributed by atoms with Crippen LogP contribution >= 0.6 is 15.9 Å². The number of carboxylic acids is 2. The normalized spacial score (nSPS) is 17.0. The molecule has 20 heavy (non-hydrogen) atoms. The first-order valence-corrected chi connectivity index (χ1v) is 6.84. The molecule has 0 saturated heterocycles. The van der Waals surface area contributed by atoms with E-state index in [1.165, 1.54) is 11.1 Å². The molecule has 0 bridgehead atoms. The van der Waals surface area contributed by atoms with Gasteiger partial charge in [0.15, 0.2) is 0 Å². The van der Waals surface area contributed by atoms with E-state index in [9.17, 15) is 9.59 Å². The number of carboxylic acid groups (broad SMARTS) is 2. The van der Waals surface area contributed by atoms with Gasteiger partial charge in [0, 0.05) is 22.7 Å². The molecule has 0 aromatic heterocycles. The third-order valence-electron chi connectivity index (χ3n) is 2.80. The maximum atomic E-state index is 9.55. The molecule has 1 aliphatic carbocycles. The van der Waals surface area contributed by atoms with Crippen molar-refractivity contribution in [2.75, 3.05) is 0 Å². The molecule has 1 aromatic rings. The van der Waals surface area contributed by atoms with E-state index in [1.807, 2.05) is 0 Å². The van der Waals surface area contributed by atoms with Gasteiger partial charge in [0.1, 0.15) is 0 Å². The minimum absolute atomic E-state index is 0.367. The van der Waals surface area contributed by atoms with Crippen molar-refractivity contribution in [3.05, 3.63) is 46.0 Å². The predicted octanol–water partition coefficient (Wildman–Crippen LogP) is 1.98. The van der Waals surface area contributed by atoms with Gasteiger partial charge in [-0.15, -0.1) is 0 Å². The molecule has 0 aliphatic heterocycles. The van der Waals surface area contributed by atoms with Crippen LogP contribution in [0.2, 0.25) is 0 Å². The Kier molecular flexibility index (Phi) is 6.41. The first-order chi connectivity index (χ1) is 9.38. The quantitative estimate of drug-likeness (QED) is 0.714. The zero-order valence-corrected chi connectivity index (χ0v) is 12.3. The maximum Gasteiger partial charge on any atom is 0.328 e.